The zero-order valence-electron chi connectivity index (χ0n) is 22.8. The highest BCUT2D eigenvalue weighted by atomic mass is 32.1. The zero-order chi connectivity index (χ0) is 27.5. The number of hydrogen-bond acceptors (Lipinski definition) is 7. The van der Waals surface area contributed by atoms with Crippen LogP contribution in [0.4, 0.5) is 5.69 Å². The van der Waals surface area contributed by atoms with Crippen molar-refractivity contribution in [2.45, 2.75) is 47.0 Å². The number of aryl methyl sites for hydroxylation is 1. The van der Waals surface area contributed by atoms with E-state index in [0.29, 0.717) is 27.3 Å². The van der Waals surface area contributed by atoms with Crippen LogP contribution < -0.4 is 20.5 Å². The Morgan fingerprint density at radius 2 is 1.81 bits per heavy atom. The predicted octanol–water partition coefficient (Wildman–Crippen LogP) is 6.07. The molecule has 8 nitrogen and oxygen atoms in total. The van der Waals surface area contributed by atoms with E-state index in [0.717, 1.165) is 23.5 Å². The van der Waals surface area contributed by atoms with E-state index in [-0.39, 0.29) is 11.3 Å². The van der Waals surface area contributed by atoms with Crippen LogP contribution in [0.1, 0.15) is 65.8 Å². The number of thiazole rings is 1. The van der Waals surface area contributed by atoms with Crippen molar-refractivity contribution in [2.75, 3.05) is 33.3 Å². The molecule has 2 amide bonds. The van der Waals surface area contributed by atoms with E-state index in [4.69, 9.17) is 19.9 Å². The lowest BCUT2D eigenvalue weighted by atomic mass is 9.94. The minimum atomic E-state index is -0.651. The molecular formula is C28H39N3O5S. The summed E-state index contributed by atoms with van der Waals surface area (Å²) in [6, 6.07) is 8.14. The van der Waals surface area contributed by atoms with Crippen molar-refractivity contribution in [3.8, 4) is 11.5 Å². The average molecular weight is 530 g/mol. The number of primary amides is 1. The molecule has 3 N–H and O–H groups in total. The number of amides is 2. The summed E-state index contributed by atoms with van der Waals surface area (Å²) >= 11 is 1.40. The molecule has 2 aromatic carbocycles. The summed E-state index contributed by atoms with van der Waals surface area (Å²) in [4.78, 5) is 29.1. The number of benzene rings is 2. The van der Waals surface area contributed by atoms with Gasteiger partial charge in [0.1, 0.15) is 17.1 Å². The molecule has 0 aliphatic rings. The molecule has 3 rings (SSSR count). The quantitative estimate of drug-likeness (QED) is 0.312. The van der Waals surface area contributed by atoms with Gasteiger partial charge in [0.25, 0.3) is 11.8 Å². The van der Waals surface area contributed by atoms with Gasteiger partial charge in [0.05, 0.1) is 40.7 Å². The van der Waals surface area contributed by atoms with Crippen molar-refractivity contribution in [1.82, 2.24) is 4.98 Å². The van der Waals surface area contributed by atoms with Crippen molar-refractivity contribution >= 4 is 39.1 Å². The van der Waals surface area contributed by atoms with E-state index >= 15 is 0 Å². The third-order valence-electron chi connectivity index (χ3n) is 5.85. The van der Waals surface area contributed by atoms with Gasteiger partial charge in [-0.3, -0.25) is 9.59 Å². The average Bonchev–Trinajstić information content (AvgIpc) is 3.23. The highest BCUT2D eigenvalue weighted by molar-refractivity contribution is 7.19. The number of nitrogens with zero attached hydrogens (tertiary/aromatic N) is 1. The monoisotopic (exact) mass is 529 g/mol. The van der Waals surface area contributed by atoms with E-state index in [9.17, 15) is 9.59 Å². The highest BCUT2D eigenvalue weighted by Gasteiger charge is 2.21. The highest BCUT2D eigenvalue weighted by Crippen LogP contribution is 2.33. The van der Waals surface area contributed by atoms with E-state index in [1.807, 2.05) is 6.92 Å². The number of fused-ring (bicyclic) bond motifs is 1. The van der Waals surface area contributed by atoms with E-state index in [2.05, 4.69) is 31.1 Å². The maximum atomic E-state index is 13.0. The van der Waals surface area contributed by atoms with Crippen molar-refractivity contribution in [1.29, 1.82) is 0 Å². The first-order valence-corrected chi connectivity index (χ1v) is 13.2. The van der Waals surface area contributed by atoms with Crippen molar-refractivity contribution in [3.63, 3.8) is 0 Å². The Hall–Kier alpha value is -3.17. The SMILES string of the molecule is CCCC(C)CC(C)COC.COc1ccc(C(N)=O)c(NC(=O)c2c(OC)ccc3nc(C)sc23)c1. The van der Waals surface area contributed by atoms with Gasteiger partial charge >= 0.3 is 0 Å². The summed E-state index contributed by atoms with van der Waals surface area (Å²) in [5.41, 5.74) is 6.92. The summed E-state index contributed by atoms with van der Waals surface area (Å²) in [6.07, 6.45) is 3.97. The van der Waals surface area contributed by atoms with Gasteiger partial charge in [0.2, 0.25) is 0 Å². The molecule has 3 aromatic rings. The summed E-state index contributed by atoms with van der Waals surface area (Å²) < 4.78 is 16.3. The molecule has 0 saturated carbocycles. The number of anilines is 1. The second kappa shape index (κ2) is 14.5. The molecule has 0 bridgehead atoms. The molecule has 1 heterocycles. The molecule has 202 valence electrons. The van der Waals surface area contributed by atoms with Crippen LogP contribution in [-0.4, -0.2) is 44.7 Å². The topological polar surface area (TPSA) is 113 Å². The normalized spacial score (nSPS) is 12.3. The van der Waals surface area contributed by atoms with Gasteiger partial charge in [0, 0.05) is 19.8 Å². The Morgan fingerprint density at radius 1 is 1.08 bits per heavy atom. The van der Waals surface area contributed by atoms with E-state index < -0.39 is 11.8 Å². The maximum Gasteiger partial charge on any atom is 0.260 e. The number of carbonyl (C=O) groups is 2. The number of hydrogen-bond donors (Lipinski definition) is 2. The fourth-order valence-corrected chi connectivity index (χ4v) is 5.23. The molecule has 9 heteroatoms. The Labute approximate surface area is 223 Å². The van der Waals surface area contributed by atoms with Crippen molar-refractivity contribution < 1.29 is 23.8 Å². The molecule has 37 heavy (non-hydrogen) atoms. The molecule has 0 spiro atoms. The maximum absolute atomic E-state index is 13.0. The molecule has 0 aliphatic heterocycles. The van der Waals surface area contributed by atoms with Gasteiger partial charge in [-0.05, 0) is 49.4 Å². The molecule has 1 aromatic heterocycles. The number of carbonyl (C=O) groups excluding carboxylic acids is 2. The van der Waals surface area contributed by atoms with Crippen LogP contribution in [0.3, 0.4) is 0 Å². The lowest BCUT2D eigenvalue weighted by Crippen LogP contribution is -2.19. The Kier molecular flexibility index (Phi) is 11.8. The summed E-state index contributed by atoms with van der Waals surface area (Å²) in [5, 5.41) is 3.57. The van der Waals surface area contributed by atoms with Gasteiger partial charge in [0.15, 0.2) is 0 Å². The zero-order valence-corrected chi connectivity index (χ0v) is 23.7. The Balaban J connectivity index is 0.000000371. The fraction of sp³-hybridized carbons (Fsp3) is 0.464. The lowest BCUT2D eigenvalue weighted by molar-refractivity contribution is 0.100. The van der Waals surface area contributed by atoms with Crippen LogP contribution in [0, 0.1) is 18.8 Å². The molecule has 0 saturated heterocycles. The number of aromatic nitrogens is 1. The van der Waals surface area contributed by atoms with Crippen LogP contribution in [0.25, 0.3) is 10.2 Å². The Bertz CT molecular complexity index is 1180. The lowest BCUT2D eigenvalue weighted by Gasteiger charge is -2.15. The number of rotatable bonds is 11. The van der Waals surface area contributed by atoms with Crippen LogP contribution in [0.15, 0.2) is 30.3 Å². The Morgan fingerprint density at radius 3 is 2.41 bits per heavy atom. The van der Waals surface area contributed by atoms with Crippen LogP contribution in [-0.2, 0) is 4.74 Å². The molecule has 0 aliphatic carbocycles. The number of methoxy groups -OCH3 is 3. The van der Waals surface area contributed by atoms with Crippen LogP contribution in [0.2, 0.25) is 0 Å². The first-order valence-electron chi connectivity index (χ1n) is 12.4. The molecule has 2 unspecified atom stereocenters. The van der Waals surface area contributed by atoms with Crippen LogP contribution >= 0.6 is 11.3 Å². The van der Waals surface area contributed by atoms with Crippen molar-refractivity contribution in [2.24, 2.45) is 17.6 Å². The fourth-order valence-electron chi connectivity index (χ4n) is 4.27. The number of ether oxygens (including phenoxy) is 3. The third-order valence-corrected chi connectivity index (χ3v) is 6.86. The van der Waals surface area contributed by atoms with E-state index in [1.54, 1.807) is 31.4 Å². The predicted molar refractivity (Wildman–Crippen MR) is 150 cm³/mol. The second-order valence-corrected chi connectivity index (χ2v) is 10.3. The minimum Gasteiger partial charge on any atom is -0.497 e. The minimum absolute atomic E-state index is 0.186. The summed E-state index contributed by atoms with van der Waals surface area (Å²) in [7, 11) is 4.77. The molecular weight excluding hydrogens is 490 g/mol. The van der Waals surface area contributed by atoms with Gasteiger partial charge in [-0.15, -0.1) is 11.3 Å². The number of nitrogens with one attached hydrogen (secondary N) is 1. The van der Waals surface area contributed by atoms with Crippen LogP contribution in [0.5, 0.6) is 11.5 Å². The standard InChI is InChI=1S/C18H17N3O4S.C10H22O/c1-9-20-12-6-7-14(25-3)15(16(12)26-9)18(23)21-13-8-10(24-2)4-5-11(13)17(19)22;1-5-6-9(2)7-10(3)8-11-4/h4-8H,1-3H3,(H2,19,22)(H,21,23);9-10H,5-8H2,1-4H3. The van der Waals surface area contributed by atoms with Gasteiger partial charge in [-0.1, -0.05) is 33.6 Å². The van der Waals surface area contributed by atoms with Gasteiger partial charge in [-0.25, -0.2) is 4.98 Å². The van der Waals surface area contributed by atoms with E-state index in [1.165, 1.54) is 50.9 Å². The summed E-state index contributed by atoms with van der Waals surface area (Å²) in [6.45, 7) is 9.61. The van der Waals surface area contributed by atoms with Crippen molar-refractivity contribution in [3.05, 3.63) is 46.5 Å². The molecule has 0 fully saturated rings. The number of nitrogens with two attached hydrogens (primary N) is 1. The molecule has 0 radical (unpaired) electrons. The first kappa shape index (κ1) is 30.1. The third kappa shape index (κ3) is 8.43. The molecule has 2 atom stereocenters. The smallest absolute Gasteiger partial charge is 0.260 e. The first-order chi connectivity index (χ1) is 17.6. The van der Waals surface area contributed by atoms with Gasteiger partial charge in [-0.2, -0.15) is 0 Å². The largest absolute Gasteiger partial charge is 0.497 e. The summed E-state index contributed by atoms with van der Waals surface area (Å²) in [5.74, 6) is 1.42. The van der Waals surface area contributed by atoms with Gasteiger partial charge < -0.3 is 25.3 Å². The second-order valence-electron chi connectivity index (χ2n) is 9.14.